The average Bonchev–Trinajstić information content (AvgIpc) is 3.35. The third-order valence-corrected chi connectivity index (χ3v) is 18.7. The molecule has 6 heteroatoms. The van der Waals surface area contributed by atoms with Crippen LogP contribution in [-0.4, -0.2) is 41.9 Å². The Balaban J connectivity index is 1.67. The monoisotopic (exact) mass is 476 g/mol. The van der Waals surface area contributed by atoms with Crippen LogP contribution in [0, 0.1) is 0 Å². The van der Waals surface area contributed by atoms with Crippen LogP contribution in [0.4, 0.5) is 0 Å². The van der Waals surface area contributed by atoms with Crippen molar-refractivity contribution < 1.29 is 13.3 Å². The summed E-state index contributed by atoms with van der Waals surface area (Å²) in [6.07, 6.45) is 9.63. The Morgan fingerprint density at radius 3 is 1.92 bits per heavy atom. The van der Waals surface area contributed by atoms with Gasteiger partial charge in [0.15, 0.2) is 0 Å². The second kappa shape index (κ2) is 8.61. The molecule has 0 aliphatic heterocycles. The Bertz CT molecular complexity index is 706. The topological polar surface area (TPSA) is 39.4 Å². The Morgan fingerprint density at radius 2 is 1.46 bits per heavy atom. The van der Waals surface area contributed by atoms with Crippen LogP contribution in [0.1, 0.15) is 29.0 Å². The van der Waals surface area contributed by atoms with Gasteiger partial charge in [0.1, 0.15) is 0 Å². The van der Waals surface area contributed by atoms with Gasteiger partial charge in [0, 0.05) is 0 Å². The molecule has 0 aliphatic rings. The van der Waals surface area contributed by atoms with Crippen LogP contribution in [-0.2, 0) is 12.8 Å². The van der Waals surface area contributed by atoms with Gasteiger partial charge in [-0.15, -0.1) is 0 Å². The maximum absolute atomic E-state index is 5.62. The van der Waals surface area contributed by atoms with Crippen molar-refractivity contribution in [1.82, 2.24) is 0 Å². The van der Waals surface area contributed by atoms with E-state index in [4.69, 9.17) is 13.3 Å². The molecule has 0 radical (unpaired) electrons. The second-order valence-electron chi connectivity index (χ2n) is 5.68. The van der Waals surface area contributed by atoms with Gasteiger partial charge in [-0.3, -0.25) is 0 Å². The van der Waals surface area contributed by atoms with Crippen molar-refractivity contribution in [3.63, 3.8) is 0 Å². The van der Waals surface area contributed by atoms with Gasteiger partial charge in [-0.25, -0.2) is 0 Å². The molecule has 1 atom stereocenters. The summed E-state index contributed by atoms with van der Waals surface area (Å²) in [5.41, 5.74) is 0. The van der Waals surface area contributed by atoms with Crippen LogP contribution in [0.25, 0.3) is 0 Å². The molecule has 128 valence electrons. The SMILES string of the molecule is CC([Se]P(=[Se])(CCc1ccco1)CCc1ccco1)c1ccco1. The maximum atomic E-state index is 5.62. The summed E-state index contributed by atoms with van der Waals surface area (Å²) in [6, 6.07) is 12.1. The molecule has 24 heavy (non-hydrogen) atoms. The summed E-state index contributed by atoms with van der Waals surface area (Å²) in [6.45, 7) is 2.28. The molecule has 0 bridgehead atoms. The Kier molecular flexibility index (Phi) is 6.49. The fourth-order valence-corrected chi connectivity index (χ4v) is 17.2. The van der Waals surface area contributed by atoms with E-state index in [1.54, 1.807) is 18.8 Å². The molecule has 0 fully saturated rings. The van der Waals surface area contributed by atoms with E-state index < -0.39 is 4.20 Å². The molecule has 0 amide bonds. The minimum absolute atomic E-state index is 0.476. The van der Waals surface area contributed by atoms with Crippen LogP contribution in [0.2, 0.25) is 0 Å². The molecule has 0 saturated carbocycles. The molecule has 1 unspecified atom stereocenters. The molecular formula is C18H21O3PSe2. The predicted molar refractivity (Wildman–Crippen MR) is 100 cm³/mol. The van der Waals surface area contributed by atoms with E-state index in [1.165, 1.54) is 12.3 Å². The number of aryl methyl sites for hydroxylation is 2. The number of hydrogen-bond donors (Lipinski definition) is 0. The van der Waals surface area contributed by atoms with Crippen LogP contribution in [0.5, 0.6) is 0 Å². The fourth-order valence-electron chi connectivity index (χ4n) is 2.55. The van der Waals surface area contributed by atoms with Gasteiger partial charge in [-0.1, -0.05) is 0 Å². The second-order valence-corrected chi connectivity index (χ2v) is 23.5. The predicted octanol–water partition coefficient (Wildman–Crippen LogP) is 4.73. The van der Waals surface area contributed by atoms with E-state index in [0.29, 0.717) is 19.3 Å². The number of hydrogen-bond acceptors (Lipinski definition) is 3. The molecule has 0 spiro atoms. The van der Waals surface area contributed by atoms with Crippen molar-refractivity contribution in [3.8, 4) is 0 Å². The zero-order chi connectivity index (χ0) is 16.8. The summed E-state index contributed by atoms with van der Waals surface area (Å²) in [4.78, 5) is 0.482. The van der Waals surface area contributed by atoms with Crippen LogP contribution >= 0.6 is 4.20 Å². The minimum atomic E-state index is -1.19. The van der Waals surface area contributed by atoms with Crippen molar-refractivity contribution >= 4 is 33.8 Å². The van der Waals surface area contributed by atoms with Gasteiger partial charge in [0.2, 0.25) is 0 Å². The average molecular weight is 474 g/mol. The Hall–Kier alpha value is -0.691. The molecule has 0 aliphatic carbocycles. The van der Waals surface area contributed by atoms with Gasteiger partial charge in [-0.05, 0) is 0 Å². The van der Waals surface area contributed by atoms with Gasteiger partial charge in [0.05, 0.1) is 0 Å². The van der Waals surface area contributed by atoms with Crippen molar-refractivity contribution in [1.29, 1.82) is 0 Å². The van der Waals surface area contributed by atoms with Gasteiger partial charge >= 0.3 is 156 Å². The van der Waals surface area contributed by atoms with Gasteiger partial charge in [0.25, 0.3) is 0 Å². The van der Waals surface area contributed by atoms with Crippen LogP contribution in [0.3, 0.4) is 0 Å². The Morgan fingerprint density at radius 1 is 0.917 bits per heavy atom. The Labute approximate surface area is 156 Å². The van der Waals surface area contributed by atoms with Crippen molar-refractivity contribution in [3.05, 3.63) is 72.5 Å². The first-order chi connectivity index (χ1) is 11.6. The number of furan rings is 3. The molecule has 0 saturated heterocycles. The summed E-state index contributed by atoms with van der Waals surface area (Å²) >= 11 is 4.10. The first-order valence-corrected chi connectivity index (χ1v) is 15.6. The summed E-state index contributed by atoms with van der Waals surface area (Å²) in [5, 5.41) is 0. The standard InChI is InChI=1S/C18H21O3PSe2/c1-15(18-7-4-12-21-18)24-22(23,13-8-16-5-2-10-19-16)14-9-17-6-3-11-20-17/h2-7,10-12,15H,8-9,13-14H2,1H3. The van der Waals surface area contributed by atoms with Crippen LogP contribution < -0.4 is 0 Å². The molecular weight excluding hydrogens is 453 g/mol. The molecule has 3 rings (SSSR count). The molecule has 0 aromatic carbocycles. The number of rotatable bonds is 9. The van der Waals surface area contributed by atoms with E-state index in [9.17, 15) is 0 Å². The molecule has 3 heterocycles. The summed E-state index contributed by atoms with van der Waals surface area (Å²) in [7, 11) is 0. The molecule has 3 nitrogen and oxygen atoms in total. The summed E-state index contributed by atoms with van der Waals surface area (Å²) < 4.78 is 15.5. The van der Waals surface area contributed by atoms with E-state index in [-0.39, 0.29) is 0 Å². The normalized spacial score (nSPS) is 13.2. The fraction of sp³-hybridized carbons (Fsp3) is 0.333. The first-order valence-electron chi connectivity index (χ1n) is 7.99. The van der Waals surface area contributed by atoms with Gasteiger partial charge < -0.3 is 0 Å². The van der Waals surface area contributed by atoms with E-state index >= 15 is 0 Å². The zero-order valence-corrected chi connectivity index (χ0v) is 17.9. The first kappa shape index (κ1) is 18.1. The van der Waals surface area contributed by atoms with E-state index in [2.05, 4.69) is 40.2 Å². The molecule has 3 aromatic heterocycles. The van der Waals surface area contributed by atoms with Gasteiger partial charge in [-0.2, -0.15) is 0 Å². The quantitative estimate of drug-likeness (QED) is 0.333. The van der Waals surface area contributed by atoms with Crippen molar-refractivity contribution in [2.75, 3.05) is 12.3 Å². The molecule has 3 aromatic rings. The van der Waals surface area contributed by atoms with Crippen molar-refractivity contribution in [2.24, 2.45) is 0 Å². The van der Waals surface area contributed by atoms with E-state index in [1.807, 2.05) is 18.2 Å². The summed E-state index contributed by atoms with van der Waals surface area (Å²) in [5.74, 6) is 3.26. The zero-order valence-electron chi connectivity index (χ0n) is 13.6. The van der Waals surface area contributed by atoms with E-state index in [0.717, 1.165) is 30.1 Å². The third-order valence-electron chi connectivity index (χ3n) is 3.85. The van der Waals surface area contributed by atoms with Crippen LogP contribution in [0.15, 0.2) is 68.4 Å². The molecule has 0 N–H and O–H groups in total. The van der Waals surface area contributed by atoms with Crippen molar-refractivity contribution in [2.45, 2.75) is 24.6 Å². The third kappa shape index (κ3) is 5.15.